The summed E-state index contributed by atoms with van der Waals surface area (Å²) in [5.41, 5.74) is 0. The van der Waals surface area contributed by atoms with Crippen LogP contribution in [-0.4, -0.2) is 45.2 Å². The van der Waals surface area contributed by atoms with E-state index in [1.165, 1.54) is 90.1 Å². The first-order valence-corrected chi connectivity index (χ1v) is 11.4. The smallest absolute Gasteiger partial charge is 0.300 e. The molecule has 1 aromatic heterocycles. The third-order valence-corrected chi connectivity index (χ3v) is 3.82. The summed E-state index contributed by atoms with van der Waals surface area (Å²) in [6, 6.07) is 0. The van der Waals surface area contributed by atoms with Gasteiger partial charge >= 0.3 is 0 Å². The minimum Gasteiger partial charge on any atom is -0.481 e. The maximum atomic E-state index is 9.00. The molecule has 1 rings (SSSR count). The van der Waals surface area contributed by atoms with Gasteiger partial charge in [-0.25, -0.2) is 4.98 Å². The third kappa shape index (κ3) is 56.2. The molecule has 30 heavy (non-hydrogen) atoms. The van der Waals surface area contributed by atoms with Crippen molar-refractivity contribution in [1.82, 2.24) is 15.3 Å². The van der Waals surface area contributed by atoms with Gasteiger partial charge < -0.3 is 20.5 Å². The molecule has 0 radical (unpaired) electrons. The van der Waals surface area contributed by atoms with Gasteiger partial charge in [-0.3, -0.25) is 9.59 Å². The summed E-state index contributed by atoms with van der Waals surface area (Å²) in [7, 11) is 0. The number of rotatable bonds is 14. The van der Waals surface area contributed by atoms with E-state index in [0.29, 0.717) is 0 Å². The van der Waals surface area contributed by atoms with E-state index >= 15 is 0 Å². The fraction of sp³-hybridized carbons (Fsp3) is 0.783. The number of unbranched alkanes of at least 4 members (excludes halogenated alkanes) is 10. The highest BCUT2D eigenvalue weighted by atomic mass is 16.4. The lowest BCUT2D eigenvalue weighted by molar-refractivity contribution is -0.135. The van der Waals surface area contributed by atoms with Crippen LogP contribution in [-0.2, 0) is 9.59 Å². The van der Waals surface area contributed by atoms with E-state index in [0.717, 1.165) is 13.8 Å². The first kappa shape index (κ1) is 32.8. The molecule has 7 nitrogen and oxygen atoms in total. The van der Waals surface area contributed by atoms with Crippen molar-refractivity contribution in [3.8, 4) is 0 Å². The van der Waals surface area contributed by atoms with Crippen molar-refractivity contribution in [1.29, 1.82) is 0 Å². The number of aromatic amines is 1. The van der Waals surface area contributed by atoms with Crippen molar-refractivity contribution in [2.24, 2.45) is 0 Å². The number of carboxylic acid groups (broad SMARTS) is 2. The molecule has 0 aliphatic heterocycles. The number of nitrogens with one attached hydrogen (secondary N) is 2. The molecule has 0 saturated carbocycles. The molecule has 0 bridgehead atoms. The summed E-state index contributed by atoms with van der Waals surface area (Å²) in [5, 5.41) is 18.4. The Labute approximate surface area is 184 Å². The zero-order chi connectivity index (χ0) is 23.3. The molecular formula is C23H47N3O4. The highest BCUT2D eigenvalue weighted by Crippen LogP contribution is 2.05. The Balaban J connectivity index is -0.000000449. The first-order valence-electron chi connectivity index (χ1n) is 11.4. The Hall–Kier alpha value is -1.89. The van der Waals surface area contributed by atoms with Crippen LogP contribution in [0.2, 0.25) is 0 Å². The predicted octanol–water partition coefficient (Wildman–Crippen LogP) is 5.89. The third-order valence-electron chi connectivity index (χ3n) is 3.82. The standard InChI is InChI=1S/C16H35N.C3H4N2.2C2H4O2/c1-3-5-7-9-11-13-15-17-16-14-12-10-8-6-4-2;1-2-5-3-4-1;2*1-2(3)4/h17H,3-16H2,1-2H3;1-3H,(H,4,5);2*1H3,(H,3,4). The van der Waals surface area contributed by atoms with E-state index in [9.17, 15) is 0 Å². The van der Waals surface area contributed by atoms with Crippen LogP contribution < -0.4 is 5.32 Å². The van der Waals surface area contributed by atoms with Crippen molar-refractivity contribution in [3.05, 3.63) is 18.7 Å². The number of hydrogen-bond acceptors (Lipinski definition) is 4. The summed E-state index contributed by atoms with van der Waals surface area (Å²) in [5.74, 6) is -1.67. The highest BCUT2D eigenvalue weighted by Gasteiger charge is 1.92. The van der Waals surface area contributed by atoms with Crippen LogP contribution in [0.1, 0.15) is 105 Å². The fourth-order valence-corrected chi connectivity index (χ4v) is 2.40. The molecule has 0 aliphatic rings. The molecule has 0 aromatic carbocycles. The number of nitrogens with zero attached hydrogens (tertiary/aromatic N) is 1. The van der Waals surface area contributed by atoms with Crippen molar-refractivity contribution in [3.63, 3.8) is 0 Å². The highest BCUT2D eigenvalue weighted by molar-refractivity contribution is 5.63. The SMILES string of the molecule is CC(=O)O.CC(=O)O.CCCCCCCCNCCCCCCCC.c1c[nH]cn1. The maximum Gasteiger partial charge on any atom is 0.300 e. The summed E-state index contributed by atoms with van der Waals surface area (Å²) in [4.78, 5) is 24.4. The minimum atomic E-state index is -0.833. The van der Waals surface area contributed by atoms with Gasteiger partial charge in [0.1, 0.15) is 0 Å². The molecule has 0 atom stereocenters. The van der Waals surface area contributed by atoms with Gasteiger partial charge in [-0.15, -0.1) is 0 Å². The second-order valence-electron chi connectivity index (χ2n) is 7.08. The second-order valence-corrected chi connectivity index (χ2v) is 7.08. The van der Waals surface area contributed by atoms with Crippen molar-refractivity contribution < 1.29 is 19.8 Å². The predicted molar refractivity (Wildman–Crippen MR) is 125 cm³/mol. The molecule has 0 aliphatic carbocycles. The lowest BCUT2D eigenvalue weighted by atomic mass is 10.1. The van der Waals surface area contributed by atoms with E-state index in [1.54, 1.807) is 18.7 Å². The zero-order valence-electron chi connectivity index (χ0n) is 19.8. The first-order chi connectivity index (χ1) is 14.4. The monoisotopic (exact) mass is 429 g/mol. The van der Waals surface area contributed by atoms with E-state index < -0.39 is 11.9 Å². The van der Waals surface area contributed by atoms with Crippen molar-refractivity contribution in [2.75, 3.05) is 13.1 Å². The van der Waals surface area contributed by atoms with Crippen LogP contribution in [0.3, 0.4) is 0 Å². The molecule has 1 heterocycles. The molecule has 7 heteroatoms. The summed E-state index contributed by atoms with van der Waals surface area (Å²) in [6.45, 7) is 9.20. The summed E-state index contributed by atoms with van der Waals surface area (Å²) in [6.07, 6.45) is 22.0. The fourth-order valence-electron chi connectivity index (χ4n) is 2.40. The van der Waals surface area contributed by atoms with E-state index in [2.05, 4.69) is 29.1 Å². The molecule has 0 fully saturated rings. The molecule has 0 spiro atoms. The number of aromatic nitrogens is 2. The number of H-pyrrole nitrogens is 1. The van der Waals surface area contributed by atoms with Crippen LogP contribution in [0.5, 0.6) is 0 Å². The van der Waals surface area contributed by atoms with Crippen molar-refractivity contribution >= 4 is 11.9 Å². The molecule has 178 valence electrons. The Morgan fingerprint density at radius 1 is 0.767 bits per heavy atom. The number of aliphatic carboxylic acids is 2. The summed E-state index contributed by atoms with van der Waals surface area (Å²) >= 11 is 0. The molecule has 0 unspecified atom stereocenters. The van der Waals surface area contributed by atoms with E-state index in [4.69, 9.17) is 19.8 Å². The van der Waals surface area contributed by atoms with Crippen molar-refractivity contribution in [2.45, 2.75) is 105 Å². The van der Waals surface area contributed by atoms with Crippen LogP contribution in [0, 0.1) is 0 Å². The van der Waals surface area contributed by atoms with Crippen LogP contribution >= 0.6 is 0 Å². The van der Waals surface area contributed by atoms with Gasteiger partial charge in [0.15, 0.2) is 0 Å². The van der Waals surface area contributed by atoms with Crippen LogP contribution in [0.25, 0.3) is 0 Å². The Kier molecular flexibility index (Phi) is 34.7. The molecule has 0 saturated heterocycles. The van der Waals surface area contributed by atoms with Crippen LogP contribution in [0.15, 0.2) is 18.7 Å². The zero-order valence-corrected chi connectivity index (χ0v) is 19.8. The normalized spacial score (nSPS) is 9.20. The van der Waals surface area contributed by atoms with E-state index in [1.807, 2.05) is 0 Å². The average Bonchev–Trinajstić information content (AvgIpc) is 3.25. The number of hydrogen-bond donors (Lipinski definition) is 4. The van der Waals surface area contributed by atoms with Gasteiger partial charge in [0.2, 0.25) is 0 Å². The van der Waals surface area contributed by atoms with Gasteiger partial charge in [0.25, 0.3) is 11.9 Å². The molecular weight excluding hydrogens is 382 g/mol. The Bertz CT molecular complexity index is 375. The Morgan fingerprint density at radius 2 is 1.13 bits per heavy atom. The molecule has 0 amide bonds. The maximum absolute atomic E-state index is 9.00. The minimum absolute atomic E-state index is 0.833. The van der Waals surface area contributed by atoms with Gasteiger partial charge in [-0.2, -0.15) is 0 Å². The lowest BCUT2D eigenvalue weighted by Gasteiger charge is -2.04. The van der Waals surface area contributed by atoms with Gasteiger partial charge in [-0.05, 0) is 25.9 Å². The van der Waals surface area contributed by atoms with Gasteiger partial charge in [-0.1, -0.05) is 78.1 Å². The van der Waals surface area contributed by atoms with Gasteiger partial charge in [0, 0.05) is 26.2 Å². The van der Waals surface area contributed by atoms with Gasteiger partial charge in [0.05, 0.1) is 6.33 Å². The summed E-state index contributed by atoms with van der Waals surface area (Å²) < 4.78 is 0. The largest absolute Gasteiger partial charge is 0.481 e. The number of carbonyl (C=O) groups is 2. The number of imidazole rings is 1. The molecule has 1 aromatic rings. The molecule has 4 N–H and O–H groups in total. The quantitative estimate of drug-likeness (QED) is 0.274. The second kappa shape index (κ2) is 31.8. The number of carboxylic acids is 2. The lowest BCUT2D eigenvalue weighted by Crippen LogP contribution is -2.16. The Morgan fingerprint density at radius 3 is 1.40 bits per heavy atom. The van der Waals surface area contributed by atoms with E-state index in [-0.39, 0.29) is 0 Å². The van der Waals surface area contributed by atoms with Crippen LogP contribution in [0.4, 0.5) is 0 Å². The topological polar surface area (TPSA) is 115 Å². The average molecular weight is 430 g/mol.